The first-order valence-electron chi connectivity index (χ1n) is 8.06. The third kappa shape index (κ3) is 2.34. The maximum Gasteiger partial charge on any atom is 0.335 e. The van der Waals surface area contributed by atoms with Crippen molar-refractivity contribution in [2.45, 2.75) is 34.6 Å². The van der Waals surface area contributed by atoms with E-state index in [1.165, 1.54) is 14.0 Å². The number of hydrogen-bond acceptors (Lipinski definition) is 6. The van der Waals surface area contributed by atoms with Gasteiger partial charge in [-0.05, 0) is 20.8 Å². The van der Waals surface area contributed by atoms with E-state index >= 15 is 0 Å². The molecule has 2 aliphatic rings. The van der Waals surface area contributed by atoms with Crippen LogP contribution in [0.3, 0.4) is 0 Å². The zero-order valence-corrected chi connectivity index (χ0v) is 15.6. The van der Waals surface area contributed by atoms with Gasteiger partial charge in [0.15, 0.2) is 0 Å². The van der Waals surface area contributed by atoms with Crippen LogP contribution in [0, 0.1) is 10.8 Å². The molecule has 0 N–H and O–H groups in total. The largest absolute Gasteiger partial charge is 0.466 e. The van der Waals surface area contributed by atoms with Gasteiger partial charge in [-0.25, -0.2) is 14.4 Å². The van der Waals surface area contributed by atoms with Crippen LogP contribution in [-0.4, -0.2) is 38.2 Å². The fraction of sp³-hybridized carbons (Fsp3) is 0.526. The van der Waals surface area contributed by atoms with Gasteiger partial charge >= 0.3 is 17.9 Å². The maximum absolute atomic E-state index is 12.6. The lowest BCUT2D eigenvalue weighted by Gasteiger charge is -2.65. The Morgan fingerprint density at radius 2 is 1.36 bits per heavy atom. The molecule has 136 valence electrons. The lowest BCUT2D eigenvalue weighted by Crippen LogP contribution is -2.62. The smallest absolute Gasteiger partial charge is 0.335 e. The summed E-state index contributed by atoms with van der Waals surface area (Å²) in [5, 5.41) is 0. The molecule has 0 spiro atoms. The summed E-state index contributed by atoms with van der Waals surface area (Å²) in [6.45, 7) is 12.6. The Morgan fingerprint density at radius 1 is 0.920 bits per heavy atom. The lowest BCUT2D eigenvalue weighted by atomic mass is 9.35. The van der Waals surface area contributed by atoms with E-state index in [9.17, 15) is 14.4 Å². The predicted molar refractivity (Wildman–Crippen MR) is 90.4 cm³/mol. The number of methoxy groups -OCH3 is 1. The fourth-order valence-electron chi connectivity index (χ4n) is 3.93. The molecule has 6 heteroatoms. The van der Waals surface area contributed by atoms with Crippen LogP contribution in [0.2, 0.25) is 0 Å². The molecule has 0 radical (unpaired) electrons. The molecule has 0 fully saturated rings. The summed E-state index contributed by atoms with van der Waals surface area (Å²) < 4.78 is 15.0. The predicted octanol–water partition coefficient (Wildman–Crippen LogP) is 2.49. The van der Waals surface area contributed by atoms with Gasteiger partial charge < -0.3 is 14.2 Å². The average molecular weight is 348 g/mol. The summed E-state index contributed by atoms with van der Waals surface area (Å²) in [5.41, 5.74) is 2.04. The molecule has 0 aliphatic heterocycles. The average Bonchev–Trinajstić information content (AvgIpc) is 2.58. The number of esters is 3. The van der Waals surface area contributed by atoms with Gasteiger partial charge in [0.25, 0.3) is 0 Å². The number of carbonyl (C=O) groups is 3. The Kier molecular flexibility index (Phi) is 4.68. The van der Waals surface area contributed by atoms with Crippen molar-refractivity contribution in [3.63, 3.8) is 0 Å². The molecular weight excluding hydrogens is 324 g/mol. The van der Waals surface area contributed by atoms with Crippen LogP contribution in [0.1, 0.15) is 34.6 Å². The van der Waals surface area contributed by atoms with Gasteiger partial charge in [0.1, 0.15) is 13.2 Å². The van der Waals surface area contributed by atoms with Crippen LogP contribution in [0.5, 0.6) is 0 Å². The first-order valence-corrected chi connectivity index (χ1v) is 8.06. The van der Waals surface area contributed by atoms with Gasteiger partial charge in [-0.15, -0.1) is 0 Å². The Balaban J connectivity index is 2.15. The van der Waals surface area contributed by atoms with Gasteiger partial charge in [-0.2, -0.15) is 0 Å². The van der Waals surface area contributed by atoms with Gasteiger partial charge in [-0.1, -0.05) is 31.6 Å². The van der Waals surface area contributed by atoms with E-state index in [1.54, 1.807) is 0 Å². The highest BCUT2D eigenvalue weighted by Crippen LogP contribution is 2.75. The van der Waals surface area contributed by atoms with E-state index in [2.05, 4.69) is 6.58 Å². The van der Waals surface area contributed by atoms with Crippen LogP contribution in [0.4, 0.5) is 0 Å². The second kappa shape index (κ2) is 6.17. The molecule has 2 atom stereocenters. The topological polar surface area (TPSA) is 78.9 Å². The summed E-state index contributed by atoms with van der Waals surface area (Å²) >= 11 is 0. The molecule has 25 heavy (non-hydrogen) atoms. The number of allylic oxidation sites excluding steroid dienone is 2. The van der Waals surface area contributed by atoms with Crippen molar-refractivity contribution in [2.24, 2.45) is 10.8 Å². The summed E-state index contributed by atoms with van der Waals surface area (Å²) in [6, 6.07) is 0. The number of fused-ring (bicyclic) bond motifs is 1. The number of rotatable bonds is 6. The number of carbonyl (C=O) groups excluding carboxylic acids is 3. The Hall–Kier alpha value is -2.37. The van der Waals surface area contributed by atoms with Crippen LogP contribution in [-0.2, 0) is 28.6 Å². The van der Waals surface area contributed by atoms with Crippen molar-refractivity contribution in [2.75, 3.05) is 20.3 Å². The van der Waals surface area contributed by atoms with E-state index < -0.39 is 28.7 Å². The molecule has 0 saturated carbocycles. The minimum Gasteiger partial charge on any atom is -0.466 e. The van der Waals surface area contributed by atoms with Gasteiger partial charge in [-0.3, -0.25) is 0 Å². The zero-order valence-electron chi connectivity index (χ0n) is 15.6. The Morgan fingerprint density at radius 3 is 1.80 bits per heavy atom. The van der Waals surface area contributed by atoms with Crippen molar-refractivity contribution in [3.05, 3.63) is 34.4 Å². The minimum atomic E-state index is -0.585. The molecule has 0 aromatic carbocycles. The third-order valence-corrected chi connectivity index (χ3v) is 5.80. The van der Waals surface area contributed by atoms with Crippen molar-refractivity contribution in [3.8, 4) is 0 Å². The Bertz CT molecular complexity index is 741. The molecule has 6 nitrogen and oxygen atoms in total. The summed E-state index contributed by atoms with van der Waals surface area (Å²) in [6.07, 6.45) is 0. The van der Waals surface area contributed by atoms with Crippen LogP contribution in [0.25, 0.3) is 0 Å². The highest BCUT2D eigenvalue weighted by Gasteiger charge is 2.71. The standard InChI is InChI=1S/C19H24O6/c1-10(2)15(20)24-8-9-25-17(22)14-13(16(21)23-7)18(5)11(3)12(4)19(14,18)6/h1,8-9H2,2-7H3. The van der Waals surface area contributed by atoms with E-state index in [1.807, 2.05) is 27.7 Å². The molecule has 0 aromatic rings. The molecular formula is C19H24O6. The van der Waals surface area contributed by atoms with Crippen molar-refractivity contribution in [1.29, 1.82) is 0 Å². The molecule has 0 bridgehead atoms. The minimum absolute atomic E-state index is 0.0693. The molecule has 2 rings (SSSR count). The quantitative estimate of drug-likeness (QED) is 0.241. The molecule has 2 aliphatic carbocycles. The van der Waals surface area contributed by atoms with Crippen LogP contribution < -0.4 is 0 Å². The van der Waals surface area contributed by atoms with Crippen LogP contribution >= 0.6 is 0 Å². The third-order valence-electron chi connectivity index (χ3n) is 5.80. The van der Waals surface area contributed by atoms with E-state index in [0.717, 1.165) is 11.1 Å². The first-order chi connectivity index (χ1) is 11.5. The highest BCUT2D eigenvalue weighted by molar-refractivity contribution is 6.09. The molecule has 0 amide bonds. The summed E-state index contributed by atoms with van der Waals surface area (Å²) in [5.74, 6) is -1.65. The van der Waals surface area contributed by atoms with E-state index in [-0.39, 0.29) is 18.8 Å². The number of hydrogen-bond donors (Lipinski definition) is 0. The van der Waals surface area contributed by atoms with Crippen molar-refractivity contribution < 1.29 is 28.6 Å². The summed E-state index contributed by atoms with van der Waals surface area (Å²) in [7, 11) is 1.29. The number of ether oxygens (including phenoxy) is 3. The zero-order chi connectivity index (χ0) is 19.2. The van der Waals surface area contributed by atoms with E-state index in [4.69, 9.17) is 14.2 Å². The lowest BCUT2D eigenvalue weighted by molar-refractivity contribution is -0.151. The summed E-state index contributed by atoms with van der Waals surface area (Å²) in [4.78, 5) is 36.1. The van der Waals surface area contributed by atoms with Crippen molar-refractivity contribution in [1.82, 2.24) is 0 Å². The highest BCUT2D eigenvalue weighted by atomic mass is 16.6. The SMILES string of the molecule is C=C(C)C(=O)OCCOC(=O)C1=C(C(=O)OC)C2(C)C(C)=C(C)C12C. The van der Waals surface area contributed by atoms with E-state index in [0.29, 0.717) is 11.1 Å². The Labute approximate surface area is 147 Å². The molecule has 0 heterocycles. The van der Waals surface area contributed by atoms with Crippen LogP contribution in [0.15, 0.2) is 34.4 Å². The second-order valence-electron chi connectivity index (χ2n) is 6.79. The first kappa shape index (κ1) is 19.0. The fourth-order valence-corrected chi connectivity index (χ4v) is 3.93. The maximum atomic E-state index is 12.6. The van der Waals surface area contributed by atoms with Crippen molar-refractivity contribution >= 4 is 17.9 Å². The van der Waals surface area contributed by atoms with Gasteiger partial charge in [0.05, 0.1) is 18.3 Å². The molecule has 2 unspecified atom stereocenters. The molecule has 0 aromatic heterocycles. The second-order valence-corrected chi connectivity index (χ2v) is 6.79. The molecule has 0 saturated heterocycles. The van der Waals surface area contributed by atoms with Gasteiger partial charge in [0, 0.05) is 16.4 Å². The monoisotopic (exact) mass is 348 g/mol. The normalized spacial score (nSPS) is 27.0. The van der Waals surface area contributed by atoms with Gasteiger partial charge in [0.2, 0.25) is 0 Å².